The fraction of sp³-hybridized carbons (Fsp3) is 0.400. The lowest BCUT2D eigenvalue weighted by molar-refractivity contribution is -0.140. The maximum atomic E-state index is 13.6. The zero-order valence-electron chi connectivity index (χ0n) is 18.8. The van der Waals surface area contributed by atoms with Crippen molar-refractivity contribution >= 4 is 27.7 Å². The molecule has 2 aliphatic heterocycles. The fourth-order valence-electron chi connectivity index (χ4n) is 5.40. The van der Waals surface area contributed by atoms with Crippen molar-refractivity contribution in [3.63, 3.8) is 0 Å². The molecule has 0 unspecified atom stereocenters. The van der Waals surface area contributed by atoms with Gasteiger partial charge in [-0.05, 0) is 42.4 Å². The van der Waals surface area contributed by atoms with Crippen LogP contribution in [-0.2, 0) is 37.9 Å². The lowest BCUT2D eigenvalue weighted by Gasteiger charge is -2.33. The van der Waals surface area contributed by atoms with E-state index in [1.807, 2.05) is 54.6 Å². The van der Waals surface area contributed by atoms with E-state index in [-0.39, 0.29) is 18.1 Å². The third kappa shape index (κ3) is 3.98. The van der Waals surface area contributed by atoms with Crippen LogP contribution >= 0.6 is 0 Å². The van der Waals surface area contributed by atoms with Gasteiger partial charge in [-0.25, -0.2) is 13.2 Å². The largest absolute Gasteiger partial charge is 0.333 e. The number of rotatable bonds is 5. The number of aryl methyl sites for hydroxylation is 1. The number of urea groups is 1. The zero-order valence-corrected chi connectivity index (χ0v) is 19.6. The van der Waals surface area contributed by atoms with Crippen LogP contribution in [0.2, 0.25) is 0 Å². The number of hydrogen-bond donors (Lipinski definition) is 1. The second-order valence-corrected chi connectivity index (χ2v) is 11.5. The SMILES string of the molecule is O=C1N[C@@]2(CCCc3ccccc32)C(=O)N1CC(=O)N(Cc1ccccc1)[C@@H]1CCS(=O)(=O)C1. The Bertz CT molecular complexity index is 1250. The third-order valence-corrected chi connectivity index (χ3v) is 8.86. The van der Waals surface area contributed by atoms with E-state index in [1.54, 1.807) is 0 Å². The number of carbonyl (C=O) groups excluding carboxylic acids is 3. The minimum absolute atomic E-state index is 0.0270. The number of carbonyl (C=O) groups is 3. The molecule has 3 aliphatic rings. The molecule has 5 rings (SSSR count). The van der Waals surface area contributed by atoms with Crippen molar-refractivity contribution in [2.24, 2.45) is 0 Å². The van der Waals surface area contributed by atoms with Crippen LogP contribution in [-0.4, -0.2) is 60.2 Å². The van der Waals surface area contributed by atoms with Gasteiger partial charge in [-0.3, -0.25) is 14.5 Å². The number of nitrogens with zero attached hydrogens (tertiary/aromatic N) is 2. The van der Waals surface area contributed by atoms with Gasteiger partial charge < -0.3 is 10.2 Å². The van der Waals surface area contributed by atoms with Gasteiger partial charge >= 0.3 is 6.03 Å². The molecule has 9 heteroatoms. The number of amides is 4. The molecule has 1 spiro atoms. The van der Waals surface area contributed by atoms with Crippen LogP contribution in [0.25, 0.3) is 0 Å². The number of fused-ring (bicyclic) bond motifs is 2. The van der Waals surface area contributed by atoms with Crippen LogP contribution in [0.15, 0.2) is 54.6 Å². The highest BCUT2D eigenvalue weighted by Crippen LogP contribution is 2.40. The number of sulfone groups is 1. The number of imide groups is 1. The van der Waals surface area contributed by atoms with E-state index in [0.29, 0.717) is 12.8 Å². The molecular formula is C25H27N3O5S. The molecule has 8 nitrogen and oxygen atoms in total. The predicted octanol–water partition coefficient (Wildman–Crippen LogP) is 1.99. The van der Waals surface area contributed by atoms with Crippen LogP contribution in [0.5, 0.6) is 0 Å². The molecule has 1 aliphatic carbocycles. The standard InChI is InChI=1S/C25H27N3O5S/c29-22(27(15-18-7-2-1-3-8-18)20-12-14-34(32,33)17-20)16-28-23(30)25(26-24(28)31)13-6-10-19-9-4-5-11-21(19)25/h1-5,7-9,11,20H,6,10,12-17H2,(H,26,31)/t20-,25-/m1/s1. The quantitative estimate of drug-likeness (QED) is 0.658. The van der Waals surface area contributed by atoms with Gasteiger partial charge in [0, 0.05) is 12.6 Å². The van der Waals surface area contributed by atoms with Gasteiger partial charge in [-0.2, -0.15) is 0 Å². The molecule has 34 heavy (non-hydrogen) atoms. The smallest absolute Gasteiger partial charge is 0.325 e. The molecular weight excluding hydrogens is 454 g/mol. The predicted molar refractivity (Wildman–Crippen MR) is 125 cm³/mol. The summed E-state index contributed by atoms with van der Waals surface area (Å²) in [6, 6.07) is 15.8. The summed E-state index contributed by atoms with van der Waals surface area (Å²) < 4.78 is 24.2. The van der Waals surface area contributed by atoms with Crippen molar-refractivity contribution in [1.29, 1.82) is 0 Å². The first-order valence-electron chi connectivity index (χ1n) is 11.6. The molecule has 1 N–H and O–H groups in total. The van der Waals surface area contributed by atoms with Gasteiger partial charge in [0.25, 0.3) is 5.91 Å². The van der Waals surface area contributed by atoms with Crippen molar-refractivity contribution in [2.45, 2.75) is 43.8 Å². The maximum Gasteiger partial charge on any atom is 0.325 e. The van der Waals surface area contributed by atoms with E-state index in [9.17, 15) is 22.8 Å². The summed E-state index contributed by atoms with van der Waals surface area (Å²) in [6.07, 6.45) is 2.41. The Labute approximate surface area is 198 Å². The van der Waals surface area contributed by atoms with E-state index in [4.69, 9.17) is 0 Å². The average molecular weight is 482 g/mol. The topological polar surface area (TPSA) is 104 Å². The molecule has 2 saturated heterocycles. The zero-order chi connectivity index (χ0) is 23.9. The summed E-state index contributed by atoms with van der Waals surface area (Å²) >= 11 is 0. The molecule has 2 fully saturated rings. The van der Waals surface area contributed by atoms with Crippen LogP contribution in [0.1, 0.15) is 36.0 Å². The second kappa shape index (κ2) is 8.54. The molecule has 178 valence electrons. The molecule has 2 atom stereocenters. The van der Waals surface area contributed by atoms with Gasteiger partial charge in [0.2, 0.25) is 5.91 Å². The van der Waals surface area contributed by atoms with Gasteiger partial charge in [-0.15, -0.1) is 0 Å². The summed E-state index contributed by atoms with van der Waals surface area (Å²) in [4.78, 5) is 42.5. The Morgan fingerprint density at radius 1 is 1.09 bits per heavy atom. The van der Waals surface area contributed by atoms with E-state index in [1.165, 1.54) is 4.90 Å². The van der Waals surface area contributed by atoms with Gasteiger partial charge in [0.15, 0.2) is 9.84 Å². The number of benzene rings is 2. The molecule has 0 radical (unpaired) electrons. The molecule has 2 aromatic carbocycles. The van der Waals surface area contributed by atoms with Crippen molar-refractivity contribution in [2.75, 3.05) is 18.1 Å². The Morgan fingerprint density at radius 3 is 2.56 bits per heavy atom. The van der Waals surface area contributed by atoms with Crippen LogP contribution < -0.4 is 5.32 Å². The normalized spacial score (nSPS) is 25.3. The van der Waals surface area contributed by atoms with Crippen molar-refractivity contribution in [1.82, 2.24) is 15.1 Å². The summed E-state index contributed by atoms with van der Waals surface area (Å²) in [7, 11) is -3.22. The minimum Gasteiger partial charge on any atom is -0.333 e. The Balaban J connectivity index is 1.40. The summed E-state index contributed by atoms with van der Waals surface area (Å²) in [5.41, 5.74) is 1.53. The highest BCUT2D eigenvalue weighted by Gasteiger charge is 2.54. The summed E-state index contributed by atoms with van der Waals surface area (Å²) in [5.74, 6) is -0.935. The average Bonchev–Trinajstić information content (AvgIpc) is 3.30. The first-order chi connectivity index (χ1) is 16.3. The molecule has 0 aromatic heterocycles. The Morgan fingerprint density at radius 2 is 1.82 bits per heavy atom. The molecule has 4 amide bonds. The number of hydrogen-bond acceptors (Lipinski definition) is 5. The van der Waals surface area contributed by atoms with Gasteiger partial charge in [-0.1, -0.05) is 54.6 Å². The lowest BCUT2D eigenvalue weighted by atomic mass is 9.76. The second-order valence-electron chi connectivity index (χ2n) is 9.30. The summed E-state index contributed by atoms with van der Waals surface area (Å²) in [6.45, 7) is -0.199. The van der Waals surface area contributed by atoms with Gasteiger partial charge in [0.1, 0.15) is 12.1 Å². The first kappa shape index (κ1) is 22.6. The highest BCUT2D eigenvalue weighted by atomic mass is 32.2. The Hall–Kier alpha value is -3.20. The van der Waals surface area contributed by atoms with Crippen LogP contribution in [0.4, 0.5) is 4.79 Å². The maximum absolute atomic E-state index is 13.6. The minimum atomic E-state index is -3.22. The summed E-state index contributed by atoms with van der Waals surface area (Å²) in [5, 5.41) is 2.87. The Kier molecular flexibility index (Phi) is 5.67. The molecule has 2 heterocycles. The molecule has 0 saturated carbocycles. The van der Waals surface area contributed by atoms with Crippen molar-refractivity contribution in [3.8, 4) is 0 Å². The van der Waals surface area contributed by atoms with E-state index in [2.05, 4.69) is 5.32 Å². The first-order valence-corrected chi connectivity index (χ1v) is 13.4. The van der Waals surface area contributed by atoms with Crippen molar-refractivity contribution < 1.29 is 22.8 Å². The van der Waals surface area contributed by atoms with E-state index < -0.39 is 45.8 Å². The third-order valence-electron chi connectivity index (χ3n) is 7.11. The monoisotopic (exact) mass is 481 g/mol. The van der Waals surface area contributed by atoms with Crippen molar-refractivity contribution in [3.05, 3.63) is 71.3 Å². The number of nitrogens with one attached hydrogen (secondary N) is 1. The lowest BCUT2D eigenvalue weighted by Crippen LogP contribution is -2.49. The fourth-order valence-corrected chi connectivity index (χ4v) is 7.13. The molecule has 2 aromatic rings. The van der Waals surface area contributed by atoms with Gasteiger partial charge in [0.05, 0.1) is 11.5 Å². The van der Waals surface area contributed by atoms with Crippen LogP contribution in [0, 0.1) is 0 Å². The van der Waals surface area contributed by atoms with Crippen LogP contribution in [0.3, 0.4) is 0 Å². The molecule has 0 bridgehead atoms. The highest BCUT2D eigenvalue weighted by molar-refractivity contribution is 7.91. The van der Waals surface area contributed by atoms with E-state index >= 15 is 0 Å². The van der Waals surface area contributed by atoms with E-state index in [0.717, 1.165) is 34.4 Å².